The first-order valence-corrected chi connectivity index (χ1v) is 23.3. The van der Waals surface area contributed by atoms with Crippen LogP contribution in [0, 0.1) is 11.8 Å². The second-order valence-electron chi connectivity index (χ2n) is 18.4. The molecular weight excluding hydrogens is 863 g/mol. The molecule has 3 atom stereocenters. The summed E-state index contributed by atoms with van der Waals surface area (Å²) in [5, 5.41) is 3.87. The van der Waals surface area contributed by atoms with Crippen molar-refractivity contribution in [2.24, 2.45) is 11.8 Å². The zero-order chi connectivity index (χ0) is 46.0. The molecule has 63 heavy (non-hydrogen) atoms. The number of benzene rings is 2. The van der Waals surface area contributed by atoms with Crippen LogP contribution in [0.3, 0.4) is 0 Å². The highest BCUT2D eigenvalue weighted by molar-refractivity contribution is 7.88. The van der Waals surface area contributed by atoms with Gasteiger partial charge in [-0.2, -0.15) is 21.6 Å². The number of nitrogens with one attached hydrogen (secondary N) is 1. The first-order chi connectivity index (χ1) is 29.6. The predicted octanol–water partition coefficient (Wildman–Crippen LogP) is 10.2. The number of amides is 1. The van der Waals surface area contributed by atoms with Crippen LogP contribution in [0.1, 0.15) is 114 Å². The summed E-state index contributed by atoms with van der Waals surface area (Å²) in [6.07, 6.45) is 7.02. The van der Waals surface area contributed by atoms with E-state index in [9.17, 15) is 31.2 Å². The average molecular weight is 923 g/mol. The SMILES string of the molecule is COC(=O)C1(Nc2cccc(Cl)c2)CCC2(CC1)c1cc(OS(=O)(=O)C(F)(F)F)c(OCCCN(C)C(=O)OC(C)(C)C)cc1C[C@@H]2C[C@@H](C)COc1ccnc2c1[C@H](C)CCC2. The molecule has 1 N–H and O–H groups in total. The molecule has 1 heterocycles. The van der Waals surface area contributed by atoms with E-state index in [1.165, 1.54) is 18.1 Å². The van der Waals surface area contributed by atoms with Crippen molar-refractivity contribution in [1.82, 2.24) is 9.88 Å². The summed E-state index contributed by atoms with van der Waals surface area (Å²) in [6, 6.07) is 11.9. The van der Waals surface area contributed by atoms with Gasteiger partial charge in [0.2, 0.25) is 0 Å². The van der Waals surface area contributed by atoms with Crippen LogP contribution in [-0.4, -0.2) is 80.9 Å². The number of halogens is 4. The molecule has 1 aromatic heterocycles. The van der Waals surface area contributed by atoms with E-state index in [1.807, 2.05) is 6.07 Å². The van der Waals surface area contributed by atoms with Gasteiger partial charge in [0.05, 0.1) is 20.3 Å². The van der Waals surface area contributed by atoms with Gasteiger partial charge in [0, 0.05) is 41.8 Å². The van der Waals surface area contributed by atoms with E-state index in [0.717, 1.165) is 41.8 Å². The highest BCUT2D eigenvalue weighted by Gasteiger charge is 2.55. The molecule has 2 aromatic carbocycles. The van der Waals surface area contributed by atoms with Crippen molar-refractivity contribution in [2.45, 2.75) is 127 Å². The Hall–Kier alpha value is -4.44. The molecule has 0 aliphatic heterocycles. The van der Waals surface area contributed by atoms with E-state index in [1.54, 1.807) is 64.3 Å². The fourth-order valence-corrected chi connectivity index (χ4v) is 10.2. The fraction of sp³-hybridized carbons (Fsp3) is 0.587. The van der Waals surface area contributed by atoms with E-state index >= 15 is 0 Å². The standard InChI is InChI=1S/C46H59ClF3N3O9S/c1-29(28-60-37-15-20-51-36-14-8-11-30(2)40(36)37)23-32-24-31-25-38(59-22-10-21-53(6)42(55)61-43(3,4)5)39(62-63(56,57)46(48,49)50)27-35(31)44(32)16-18-45(19-17-44,41(54)58-7)52-34-13-9-12-33(47)26-34/h9,12-13,15,20,25-27,29-30,32,52H,8,10-11,14,16-19,21-24,28H2,1-7H3/t29-,30-,32+,44?,45?/m1/s1. The lowest BCUT2D eigenvalue weighted by atomic mass is 9.59. The normalized spacial score (nSPS) is 22.7. The van der Waals surface area contributed by atoms with E-state index in [2.05, 4.69) is 24.1 Å². The number of nitrogens with zero attached hydrogens (tertiary/aromatic N) is 2. The monoisotopic (exact) mass is 921 g/mol. The minimum atomic E-state index is -6.11. The van der Waals surface area contributed by atoms with Crippen LogP contribution in [0.5, 0.6) is 17.2 Å². The lowest BCUT2D eigenvalue weighted by Gasteiger charge is -2.47. The van der Waals surface area contributed by atoms with Gasteiger partial charge in [-0.25, -0.2) is 9.59 Å². The number of fused-ring (bicyclic) bond motifs is 3. The molecule has 1 fully saturated rings. The molecule has 346 valence electrons. The topological polar surface area (TPSA) is 143 Å². The van der Waals surface area contributed by atoms with Crippen molar-refractivity contribution in [2.75, 3.05) is 39.2 Å². The molecule has 17 heteroatoms. The lowest BCUT2D eigenvalue weighted by Crippen LogP contribution is -2.53. The highest BCUT2D eigenvalue weighted by Crippen LogP contribution is 2.58. The van der Waals surface area contributed by atoms with E-state index in [-0.39, 0.29) is 50.0 Å². The number of methoxy groups -OCH3 is 1. The minimum Gasteiger partial charge on any atom is -0.493 e. The number of ether oxygens (including phenoxy) is 4. The molecule has 1 saturated carbocycles. The lowest BCUT2D eigenvalue weighted by molar-refractivity contribution is -0.148. The third-order valence-corrected chi connectivity index (χ3v) is 13.8. The van der Waals surface area contributed by atoms with Crippen LogP contribution in [0.4, 0.5) is 23.7 Å². The molecular formula is C46H59ClF3N3O9S. The van der Waals surface area contributed by atoms with Gasteiger partial charge in [-0.15, -0.1) is 0 Å². The first-order valence-electron chi connectivity index (χ1n) is 21.5. The summed E-state index contributed by atoms with van der Waals surface area (Å²) < 4.78 is 95.1. The van der Waals surface area contributed by atoms with Crippen LogP contribution >= 0.6 is 11.6 Å². The quantitative estimate of drug-likeness (QED) is 0.0674. The van der Waals surface area contributed by atoms with E-state index in [4.69, 9.17) is 34.7 Å². The van der Waals surface area contributed by atoms with Crippen molar-refractivity contribution in [3.63, 3.8) is 0 Å². The predicted molar refractivity (Wildman–Crippen MR) is 233 cm³/mol. The van der Waals surface area contributed by atoms with Crippen LogP contribution in [0.2, 0.25) is 5.02 Å². The molecule has 3 aliphatic carbocycles. The maximum absolute atomic E-state index is 13.9. The van der Waals surface area contributed by atoms with E-state index < -0.39 is 50.0 Å². The summed E-state index contributed by atoms with van der Waals surface area (Å²) in [4.78, 5) is 32.2. The summed E-state index contributed by atoms with van der Waals surface area (Å²) in [7, 11) is -3.23. The molecule has 1 spiro atoms. The van der Waals surface area contributed by atoms with Gasteiger partial charge in [0.15, 0.2) is 11.5 Å². The number of aryl methyl sites for hydroxylation is 1. The van der Waals surface area contributed by atoms with Gasteiger partial charge in [0.1, 0.15) is 16.9 Å². The molecule has 3 aromatic rings. The zero-order valence-electron chi connectivity index (χ0n) is 37.0. The molecule has 0 radical (unpaired) electrons. The minimum absolute atomic E-state index is 0.0137. The van der Waals surface area contributed by atoms with Crippen molar-refractivity contribution in [3.05, 3.63) is 76.1 Å². The number of alkyl halides is 3. The molecule has 6 rings (SSSR count). The Labute approximate surface area is 373 Å². The Morgan fingerprint density at radius 1 is 1.03 bits per heavy atom. The number of anilines is 1. The zero-order valence-corrected chi connectivity index (χ0v) is 38.6. The van der Waals surface area contributed by atoms with Gasteiger partial charge in [-0.3, -0.25) is 4.98 Å². The van der Waals surface area contributed by atoms with Crippen LogP contribution in [-0.2, 0) is 42.6 Å². The molecule has 3 aliphatic rings. The maximum Gasteiger partial charge on any atom is 0.534 e. The van der Waals surface area contributed by atoms with Gasteiger partial charge >= 0.3 is 27.7 Å². The number of carbonyl (C=O) groups excluding carboxylic acids is 2. The third kappa shape index (κ3) is 10.9. The smallest absolute Gasteiger partial charge is 0.493 e. The molecule has 12 nitrogen and oxygen atoms in total. The van der Waals surface area contributed by atoms with Crippen LogP contribution < -0.4 is 19.0 Å². The maximum atomic E-state index is 13.9. The number of carbonyl (C=O) groups is 2. The number of rotatable bonds is 15. The van der Waals surface area contributed by atoms with Crippen molar-refractivity contribution >= 4 is 39.5 Å². The van der Waals surface area contributed by atoms with Crippen LogP contribution in [0.25, 0.3) is 0 Å². The number of pyridine rings is 1. The third-order valence-electron chi connectivity index (χ3n) is 12.6. The van der Waals surface area contributed by atoms with Gasteiger partial charge in [-0.1, -0.05) is 31.5 Å². The number of aromatic nitrogens is 1. The highest BCUT2D eigenvalue weighted by atomic mass is 35.5. The molecule has 1 amide bonds. The number of esters is 1. The van der Waals surface area contributed by atoms with Crippen LogP contribution in [0.15, 0.2) is 48.7 Å². The summed E-state index contributed by atoms with van der Waals surface area (Å²) in [5.41, 5.74) is -4.05. The Morgan fingerprint density at radius 2 is 1.76 bits per heavy atom. The van der Waals surface area contributed by atoms with Crippen molar-refractivity contribution in [3.8, 4) is 17.2 Å². The van der Waals surface area contributed by atoms with Gasteiger partial charge in [0.25, 0.3) is 0 Å². The second kappa shape index (κ2) is 19.0. The average Bonchev–Trinajstić information content (AvgIpc) is 3.48. The van der Waals surface area contributed by atoms with Gasteiger partial charge < -0.3 is 33.3 Å². The number of hydrogen-bond acceptors (Lipinski definition) is 11. The second-order valence-corrected chi connectivity index (χ2v) is 20.4. The summed E-state index contributed by atoms with van der Waals surface area (Å²) in [5.74, 6) is -0.178. The molecule has 0 unspecified atom stereocenters. The Bertz CT molecular complexity index is 2240. The van der Waals surface area contributed by atoms with Crippen molar-refractivity contribution in [1.29, 1.82) is 0 Å². The van der Waals surface area contributed by atoms with Gasteiger partial charge in [-0.05, 0) is 156 Å². The molecule has 0 saturated heterocycles. The summed E-state index contributed by atoms with van der Waals surface area (Å²) in [6.45, 7) is 10.0. The Kier molecular flexibility index (Phi) is 14.5. The Balaban J connectivity index is 1.32. The number of hydrogen-bond donors (Lipinski definition) is 1. The van der Waals surface area contributed by atoms with Crippen molar-refractivity contribution < 1.29 is 54.3 Å². The summed E-state index contributed by atoms with van der Waals surface area (Å²) >= 11 is 6.31. The Morgan fingerprint density at radius 3 is 2.43 bits per heavy atom. The van der Waals surface area contributed by atoms with E-state index in [0.29, 0.717) is 54.5 Å². The molecule has 0 bridgehead atoms. The largest absolute Gasteiger partial charge is 0.534 e. The fourth-order valence-electron chi connectivity index (χ4n) is 9.56. The first kappa shape index (κ1) is 48.0.